The highest BCUT2D eigenvalue weighted by molar-refractivity contribution is 6.55. The van der Waals surface area contributed by atoms with E-state index in [4.69, 9.17) is 20.1 Å². The highest BCUT2D eigenvalue weighted by Gasteiger charge is 2.52. The highest BCUT2D eigenvalue weighted by atomic mass is 19.1. The molecule has 1 saturated heterocycles. The minimum absolute atomic E-state index is 0.0125. The normalized spacial score (nSPS) is 19.6. The van der Waals surface area contributed by atoms with Gasteiger partial charge in [0.05, 0.1) is 16.8 Å². The zero-order valence-corrected chi connectivity index (χ0v) is 14.0. The summed E-state index contributed by atoms with van der Waals surface area (Å²) < 4.78 is 39.6. The molecule has 0 aromatic heterocycles. The van der Waals surface area contributed by atoms with Crippen molar-refractivity contribution in [2.24, 2.45) is 5.73 Å². The number of aromatic carboxylic acids is 1. The van der Waals surface area contributed by atoms with Crippen molar-refractivity contribution in [2.75, 3.05) is 6.54 Å². The van der Waals surface area contributed by atoms with E-state index in [2.05, 4.69) is 0 Å². The van der Waals surface area contributed by atoms with Gasteiger partial charge in [-0.3, -0.25) is 0 Å². The second-order valence-electron chi connectivity index (χ2n) is 6.67. The topological polar surface area (TPSA) is 81.8 Å². The molecule has 1 aromatic rings. The molecule has 0 bridgehead atoms. The van der Waals surface area contributed by atoms with Crippen molar-refractivity contribution in [3.05, 3.63) is 40.4 Å². The average molecular weight is 339 g/mol. The third-order valence-electron chi connectivity index (χ3n) is 4.45. The smallest absolute Gasteiger partial charge is 0.478 e. The molecular formula is C16H20BF2NO4. The monoisotopic (exact) mass is 339 g/mol. The molecule has 0 aliphatic carbocycles. The lowest BCUT2D eigenvalue weighted by Crippen LogP contribution is -2.41. The first kappa shape index (κ1) is 18.6. The molecule has 24 heavy (non-hydrogen) atoms. The van der Waals surface area contributed by atoms with E-state index in [-0.39, 0.29) is 12.1 Å². The first-order valence-electron chi connectivity index (χ1n) is 7.47. The van der Waals surface area contributed by atoms with Crippen molar-refractivity contribution >= 4 is 19.2 Å². The van der Waals surface area contributed by atoms with Gasteiger partial charge in [-0.1, -0.05) is 6.08 Å². The summed E-state index contributed by atoms with van der Waals surface area (Å²) in [6, 6.07) is 1.46. The summed E-state index contributed by atoms with van der Waals surface area (Å²) in [4.78, 5) is 10.8. The first-order chi connectivity index (χ1) is 11.0. The summed E-state index contributed by atoms with van der Waals surface area (Å²) in [6.07, 6.45) is 1.33. The van der Waals surface area contributed by atoms with Crippen molar-refractivity contribution in [1.29, 1.82) is 0 Å². The Morgan fingerprint density at radius 2 is 1.75 bits per heavy atom. The predicted octanol–water partition coefficient (Wildman–Crippen LogP) is 2.64. The number of nitrogens with two attached hydrogens (primary N) is 1. The average Bonchev–Trinajstić information content (AvgIpc) is 2.67. The van der Waals surface area contributed by atoms with Crippen LogP contribution in [-0.2, 0) is 9.31 Å². The first-order valence-corrected chi connectivity index (χ1v) is 7.47. The Balaban J connectivity index is 2.39. The maximum Gasteiger partial charge on any atom is 0.491 e. The molecule has 0 spiro atoms. The lowest BCUT2D eigenvalue weighted by Gasteiger charge is -2.32. The standard InChI is InChI=1S/C16H20BF2NO4/c1-15(2)16(3,4)24-17(23-15)10(8-20)5-9-6-13(19)11(14(21)22)7-12(9)18/h5-7H,8,20H2,1-4H3,(H,21,22). The molecule has 130 valence electrons. The summed E-state index contributed by atoms with van der Waals surface area (Å²) in [5, 5.41) is 8.81. The number of benzene rings is 1. The van der Waals surface area contributed by atoms with Gasteiger partial charge >= 0.3 is 13.1 Å². The molecule has 3 N–H and O–H groups in total. The number of carboxylic acids is 1. The second-order valence-corrected chi connectivity index (χ2v) is 6.67. The van der Waals surface area contributed by atoms with Crippen LogP contribution in [0.1, 0.15) is 43.6 Å². The van der Waals surface area contributed by atoms with Crippen LogP contribution in [0.2, 0.25) is 0 Å². The van der Waals surface area contributed by atoms with Crippen LogP contribution in [-0.4, -0.2) is 35.9 Å². The van der Waals surface area contributed by atoms with E-state index >= 15 is 0 Å². The van der Waals surface area contributed by atoms with Gasteiger partial charge in [0.2, 0.25) is 0 Å². The van der Waals surface area contributed by atoms with E-state index in [0.29, 0.717) is 11.5 Å². The van der Waals surface area contributed by atoms with E-state index < -0.39 is 41.5 Å². The number of carboxylic acid groups (broad SMARTS) is 1. The quantitative estimate of drug-likeness (QED) is 0.824. The lowest BCUT2D eigenvalue weighted by molar-refractivity contribution is 0.00578. The molecule has 1 fully saturated rings. The van der Waals surface area contributed by atoms with Gasteiger partial charge in [-0.15, -0.1) is 0 Å². The van der Waals surface area contributed by atoms with Crippen molar-refractivity contribution in [3.63, 3.8) is 0 Å². The summed E-state index contributed by atoms with van der Waals surface area (Å²) in [6.45, 7) is 7.47. The third kappa shape index (κ3) is 3.36. The van der Waals surface area contributed by atoms with Crippen LogP contribution in [0.15, 0.2) is 17.6 Å². The van der Waals surface area contributed by atoms with Gasteiger partial charge in [0.25, 0.3) is 0 Å². The largest absolute Gasteiger partial charge is 0.491 e. The molecule has 1 heterocycles. The number of carbonyl (C=O) groups is 1. The molecule has 0 unspecified atom stereocenters. The Morgan fingerprint density at radius 1 is 1.21 bits per heavy atom. The summed E-state index contributed by atoms with van der Waals surface area (Å²) in [5.74, 6) is -3.43. The zero-order chi connectivity index (χ0) is 18.3. The van der Waals surface area contributed by atoms with Crippen LogP contribution in [0, 0.1) is 11.6 Å². The van der Waals surface area contributed by atoms with E-state index in [1.165, 1.54) is 6.08 Å². The number of hydrogen-bond acceptors (Lipinski definition) is 4. The second kappa shape index (κ2) is 6.27. The van der Waals surface area contributed by atoms with Gasteiger partial charge < -0.3 is 20.1 Å². The maximum atomic E-state index is 14.1. The molecule has 1 aromatic carbocycles. The van der Waals surface area contributed by atoms with Crippen molar-refractivity contribution < 1.29 is 28.0 Å². The minimum Gasteiger partial charge on any atom is -0.478 e. The number of hydrogen-bond donors (Lipinski definition) is 2. The predicted molar refractivity (Wildman–Crippen MR) is 86.4 cm³/mol. The minimum atomic E-state index is -1.54. The Hall–Kier alpha value is -1.77. The summed E-state index contributed by atoms with van der Waals surface area (Å²) in [7, 11) is -0.790. The summed E-state index contributed by atoms with van der Waals surface area (Å²) in [5.41, 5.74) is 4.10. The molecule has 8 heteroatoms. The van der Waals surface area contributed by atoms with Crippen LogP contribution in [0.5, 0.6) is 0 Å². The van der Waals surface area contributed by atoms with Crippen LogP contribution in [0.4, 0.5) is 8.78 Å². The van der Waals surface area contributed by atoms with E-state index in [1.807, 2.05) is 27.7 Å². The van der Waals surface area contributed by atoms with Gasteiger partial charge in [0.1, 0.15) is 11.6 Å². The fourth-order valence-electron chi connectivity index (χ4n) is 2.25. The Kier molecular flexibility index (Phi) is 4.85. The molecule has 0 atom stereocenters. The van der Waals surface area contributed by atoms with Crippen LogP contribution >= 0.6 is 0 Å². The van der Waals surface area contributed by atoms with Gasteiger partial charge in [-0.25, -0.2) is 13.6 Å². The SMILES string of the molecule is CC1(C)OB(C(=Cc2cc(F)c(C(=O)O)cc2F)CN)OC1(C)C. The molecule has 0 radical (unpaired) electrons. The zero-order valence-electron chi connectivity index (χ0n) is 14.0. The lowest BCUT2D eigenvalue weighted by atomic mass is 9.77. The van der Waals surface area contributed by atoms with Gasteiger partial charge in [0, 0.05) is 12.1 Å². The Labute approximate surface area is 139 Å². The number of halogens is 2. The Morgan fingerprint density at radius 3 is 2.21 bits per heavy atom. The van der Waals surface area contributed by atoms with Gasteiger partial charge in [-0.05, 0) is 45.3 Å². The Bertz CT molecular complexity index is 688. The maximum absolute atomic E-state index is 14.1. The van der Waals surface area contributed by atoms with Gasteiger partial charge in [0.15, 0.2) is 0 Å². The van der Waals surface area contributed by atoms with E-state index in [1.54, 1.807) is 0 Å². The molecule has 0 amide bonds. The molecule has 2 rings (SSSR count). The third-order valence-corrected chi connectivity index (χ3v) is 4.45. The van der Waals surface area contributed by atoms with Gasteiger partial charge in [-0.2, -0.15) is 0 Å². The van der Waals surface area contributed by atoms with Crippen molar-refractivity contribution in [2.45, 2.75) is 38.9 Å². The van der Waals surface area contributed by atoms with Crippen LogP contribution < -0.4 is 5.73 Å². The number of rotatable bonds is 4. The fourth-order valence-corrected chi connectivity index (χ4v) is 2.25. The molecule has 5 nitrogen and oxygen atoms in total. The molecule has 1 aliphatic heterocycles. The van der Waals surface area contributed by atoms with Crippen LogP contribution in [0.3, 0.4) is 0 Å². The highest BCUT2D eigenvalue weighted by Crippen LogP contribution is 2.38. The fraction of sp³-hybridized carbons (Fsp3) is 0.438. The van der Waals surface area contributed by atoms with Crippen molar-refractivity contribution in [1.82, 2.24) is 0 Å². The molecule has 0 saturated carbocycles. The molecular weight excluding hydrogens is 319 g/mol. The summed E-state index contributed by atoms with van der Waals surface area (Å²) >= 11 is 0. The molecule has 1 aliphatic rings. The van der Waals surface area contributed by atoms with Crippen molar-refractivity contribution in [3.8, 4) is 0 Å². The van der Waals surface area contributed by atoms with E-state index in [0.717, 1.165) is 6.07 Å². The van der Waals surface area contributed by atoms with Crippen LogP contribution in [0.25, 0.3) is 6.08 Å². The van der Waals surface area contributed by atoms with E-state index in [9.17, 15) is 13.6 Å².